The number of rotatable bonds is 2. The first-order valence-electron chi connectivity index (χ1n) is 7.90. The Morgan fingerprint density at radius 1 is 1.26 bits per heavy atom. The van der Waals surface area contributed by atoms with Gasteiger partial charge in [-0.2, -0.15) is 0 Å². The van der Waals surface area contributed by atoms with E-state index in [1.54, 1.807) is 11.3 Å². The molecule has 0 aliphatic carbocycles. The summed E-state index contributed by atoms with van der Waals surface area (Å²) in [5.41, 5.74) is 2.84. The summed E-state index contributed by atoms with van der Waals surface area (Å²) in [6.45, 7) is 14.3. The summed E-state index contributed by atoms with van der Waals surface area (Å²) >= 11 is 1.81. The topological polar surface area (TPSA) is 18.5 Å². The third kappa shape index (κ3) is 2.72. The van der Waals surface area contributed by atoms with Gasteiger partial charge in [-0.25, -0.2) is 0 Å². The monoisotopic (exact) mass is 343 g/mol. The number of benzene rings is 1. The van der Waals surface area contributed by atoms with Crippen molar-refractivity contribution in [3.05, 3.63) is 34.2 Å². The molecule has 4 heteroatoms. The van der Waals surface area contributed by atoms with Crippen LogP contribution in [0, 0.1) is 17.8 Å². The lowest BCUT2D eigenvalue weighted by Crippen LogP contribution is -2.24. The highest BCUT2D eigenvalue weighted by molar-refractivity contribution is 7.20. The molecule has 0 atom stereocenters. The molecule has 1 aliphatic heterocycles. The average molecular weight is 344 g/mol. The molecule has 0 bridgehead atoms. The van der Waals surface area contributed by atoms with Crippen LogP contribution >= 0.6 is 11.3 Å². The Kier molecular flexibility index (Phi) is 3.88. The molecule has 121 valence electrons. The highest BCUT2D eigenvalue weighted by Crippen LogP contribution is 2.52. The molecule has 0 fully saturated rings. The maximum atomic E-state index is 6.21. The fourth-order valence-electron chi connectivity index (χ4n) is 3.72. The van der Waals surface area contributed by atoms with E-state index >= 15 is 0 Å². The molecule has 0 amide bonds. The highest BCUT2D eigenvalue weighted by Gasteiger charge is 2.42. The van der Waals surface area contributed by atoms with Crippen LogP contribution in [0.5, 0.6) is 5.75 Å². The van der Waals surface area contributed by atoms with Crippen LogP contribution in [-0.4, -0.2) is 17.1 Å². The average Bonchev–Trinajstić information content (AvgIpc) is 2.95. The summed E-state index contributed by atoms with van der Waals surface area (Å²) < 4.78 is 12.7. The molecule has 0 saturated heterocycles. The third-order valence-corrected chi connectivity index (χ3v) is 5.97. The van der Waals surface area contributed by atoms with E-state index in [9.17, 15) is 0 Å². The van der Waals surface area contributed by atoms with Gasteiger partial charge in [-0.15, -0.1) is 11.3 Å². The van der Waals surface area contributed by atoms with Crippen LogP contribution in [0.4, 0.5) is 0 Å². The summed E-state index contributed by atoms with van der Waals surface area (Å²) in [6.07, 6.45) is 0. The quantitative estimate of drug-likeness (QED) is 0.672. The number of fused-ring (bicyclic) bond motifs is 1. The van der Waals surface area contributed by atoms with Crippen molar-refractivity contribution in [2.75, 3.05) is 6.61 Å². The third-order valence-electron chi connectivity index (χ3n) is 4.46. The summed E-state index contributed by atoms with van der Waals surface area (Å²) in [5, 5.41) is 1.23. The second-order valence-electron chi connectivity index (χ2n) is 7.94. The lowest BCUT2D eigenvalue weighted by Gasteiger charge is -2.30. The first kappa shape index (κ1) is 16.6. The maximum absolute atomic E-state index is 6.21. The van der Waals surface area contributed by atoms with Crippen molar-refractivity contribution in [2.45, 2.75) is 41.5 Å². The number of hydrogen-bond acceptors (Lipinski definition) is 3. The molecule has 2 aromatic rings. The Morgan fingerprint density at radius 2 is 1.96 bits per heavy atom. The minimum absolute atomic E-state index is 0.0695. The van der Waals surface area contributed by atoms with E-state index in [4.69, 9.17) is 9.16 Å². The van der Waals surface area contributed by atoms with Crippen molar-refractivity contribution in [2.24, 2.45) is 10.8 Å². The first-order valence-corrected chi connectivity index (χ1v) is 9.13. The van der Waals surface area contributed by atoms with Crippen LogP contribution < -0.4 is 4.43 Å². The minimum atomic E-state index is 0.0695. The van der Waals surface area contributed by atoms with Crippen molar-refractivity contribution < 1.29 is 9.16 Å². The Labute approximate surface area is 146 Å². The van der Waals surface area contributed by atoms with Gasteiger partial charge in [0.1, 0.15) is 11.5 Å². The molecule has 3 radical (unpaired) electrons. The van der Waals surface area contributed by atoms with Crippen molar-refractivity contribution in [3.8, 4) is 5.75 Å². The molecule has 3 rings (SSSR count). The molecule has 0 saturated carbocycles. The normalized spacial score (nSPS) is 17.7. The van der Waals surface area contributed by atoms with E-state index < -0.39 is 0 Å². The smallest absolute Gasteiger partial charge is 0.341 e. The number of hydrogen-bond donors (Lipinski definition) is 0. The van der Waals surface area contributed by atoms with Gasteiger partial charge >= 0.3 is 10.5 Å². The molecule has 23 heavy (non-hydrogen) atoms. The summed E-state index contributed by atoms with van der Waals surface area (Å²) in [7, 11) is 3.11. The molecule has 1 aromatic heterocycles. The molecular formula is C19H23O2SSi. The van der Waals surface area contributed by atoms with Crippen molar-refractivity contribution in [3.63, 3.8) is 0 Å². The van der Waals surface area contributed by atoms with Crippen molar-refractivity contribution >= 4 is 37.7 Å². The Hall–Kier alpha value is -1.26. The van der Waals surface area contributed by atoms with Crippen LogP contribution in [0.3, 0.4) is 0 Å². The molecule has 2 nitrogen and oxygen atoms in total. The van der Waals surface area contributed by atoms with Gasteiger partial charge in [-0.1, -0.05) is 34.6 Å². The predicted octanol–water partition coefficient (Wildman–Crippen LogP) is 5.49. The van der Waals surface area contributed by atoms with Crippen molar-refractivity contribution in [1.82, 2.24) is 0 Å². The number of aryl methyl sites for hydroxylation is 1. The van der Waals surface area contributed by atoms with Gasteiger partial charge in [0.2, 0.25) is 0 Å². The Bertz CT molecular complexity index is 794. The molecule has 2 heterocycles. The van der Waals surface area contributed by atoms with Gasteiger partial charge in [-0.05, 0) is 47.1 Å². The van der Waals surface area contributed by atoms with Gasteiger partial charge < -0.3 is 9.16 Å². The van der Waals surface area contributed by atoms with Crippen LogP contribution in [0.15, 0.2) is 23.8 Å². The minimum Gasteiger partial charge on any atom is -0.540 e. The molecular weight excluding hydrogens is 320 g/mol. The SMILES string of the molecule is Cc1c(C2=C(C(C)(C)C)C(C)(C)CO2)sc2ccc(O[Si])cc12. The van der Waals surface area contributed by atoms with Gasteiger partial charge in [0.25, 0.3) is 0 Å². The van der Waals surface area contributed by atoms with E-state index in [0.29, 0.717) is 0 Å². The molecule has 0 spiro atoms. The van der Waals surface area contributed by atoms with E-state index in [1.807, 2.05) is 6.07 Å². The predicted molar refractivity (Wildman–Crippen MR) is 99.1 cm³/mol. The van der Waals surface area contributed by atoms with Crippen LogP contribution in [-0.2, 0) is 4.74 Å². The van der Waals surface area contributed by atoms with E-state index in [0.717, 1.165) is 18.1 Å². The number of ether oxygens (including phenoxy) is 1. The Morgan fingerprint density at radius 3 is 2.57 bits per heavy atom. The van der Waals surface area contributed by atoms with E-state index in [-0.39, 0.29) is 10.8 Å². The number of thiophene rings is 1. The summed E-state index contributed by atoms with van der Waals surface area (Å²) in [6, 6.07) is 6.17. The fourth-order valence-corrected chi connectivity index (χ4v) is 5.04. The van der Waals surface area contributed by atoms with Crippen molar-refractivity contribution in [1.29, 1.82) is 0 Å². The zero-order chi connectivity index (χ0) is 17.0. The van der Waals surface area contributed by atoms with Gasteiger partial charge in [0.15, 0.2) is 0 Å². The van der Waals surface area contributed by atoms with Gasteiger partial charge in [0.05, 0.1) is 11.5 Å². The second-order valence-corrected chi connectivity index (χ2v) is 9.20. The molecule has 0 N–H and O–H groups in total. The summed E-state index contributed by atoms with van der Waals surface area (Å²) in [5.74, 6) is 1.90. The zero-order valence-corrected chi connectivity index (χ0v) is 16.5. The van der Waals surface area contributed by atoms with Crippen LogP contribution in [0.25, 0.3) is 15.8 Å². The van der Waals surface area contributed by atoms with Crippen LogP contribution in [0.2, 0.25) is 0 Å². The lowest BCUT2D eigenvalue weighted by atomic mass is 9.71. The largest absolute Gasteiger partial charge is 0.540 e. The zero-order valence-electron chi connectivity index (χ0n) is 14.7. The lowest BCUT2D eigenvalue weighted by molar-refractivity contribution is 0.214. The maximum Gasteiger partial charge on any atom is 0.341 e. The Balaban J connectivity index is 2.25. The molecule has 1 aliphatic rings. The first-order chi connectivity index (χ1) is 10.6. The fraction of sp³-hybridized carbons (Fsp3) is 0.474. The van der Waals surface area contributed by atoms with Gasteiger partial charge in [-0.3, -0.25) is 0 Å². The van der Waals surface area contributed by atoms with Crippen LogP contribution in [0.1, 0.15) is 45.1 Å². The second kappa shape index (κ2) is 5.38. The van der Waals surface area contributed by atoms with E-state index in [2.05, 4.69) is 64.2 Å². The molecule has 0 unspecified atom stereocenters. The van der Waals surface area contributed by atoms with E-state index in [1.165, 1.54) is 26.1 Å². The standard InChI is InChI=1S/C19H23O2SSi/c1-11-13-9-12(21-23)7-8-14(13)22-16(11)15-17(18(2,3)4)19(5,6)10-20-15/h7-9H,10H2,1-6H3. The molecule has 1 aromatic carbocycles. The summed E-state index contributed by atoms with van der Waals surface area (Å²) in [4.78, 5) is 1.25. The highest BCUT2D eigenvalue weighted by atomic mass is 32.1. The van der Waals surface area contributed by atoms with Gasteiger partial charge in [0, 0.05) is 10.1 Å².